The van der Waals surface area contributed by atoms with Gasteiger partial charge in [0.05, 0.1) is 11.3 Å². The zero-order valence-electron chi connectivity index (χ0n) is 16.3. The summed E-state index contributed by atoms with van der Waals surface area (Å²) in [6, 6.07) is 22.3. The Kier molecular flexibility index (Phi) is 5.49. The monoisotopic (exact) mass is 414 g/mol. The van der Waals surface area contributed by atoms with Crippen LogP contribution in [-0.4, -0.2) is 22.9 Å². The van der Waals surface area contributed by atoms with Crippen molar-refractivity contribution in [1.29, 1.82) is 0 Å². The molecule has 1 fully saturated rings. The average molecular weight is 414 g/mol. The first kappa shape index (κ1) is 19.9. The van der Waals surface area contributed by atoms with Gasteiger partial charge in [-0.25, -0.2) is 9.80 Å². The summed E-state index contributed by atoms with van der Waals surface area (Å²) in [4.78, 5) is 35.8. The van der Waals surface area contributed by atoms with Gasteiger partial charge in [0.1, 0.15) is 17.9 Å². The van der Waals surface area contributed by atoms with Crippen LogP contribution in [-0.2, 0) is 16.2 Å². The van der Waals surface area contributed by atoms with E-state index in [1.165, 1.54) is 23.2 Å². The first-order valence-corrected chi connectivity index (χ1v) is 9.48. The summed E-state index contributed by atoms with van der Waals surface area (Å²) in [5.41, 5.74) is 4.95. The predicted molar refractivity (Wildman–Crippen MR) is 114 cm³/mol. The third-order valence-electron chi connectivity index (χ3n) is 4.70. The smallest absolute Gasteiger partial charge is 0.335 e. The maximum Gasteiger partial charge on any atom is 0.335 e. The number of amides is 2. The highest BCUT2D eigenvalue weighted by Crippen LogP contribution is 2.22. The Morgan fingerprint density at radius 1 is 0.935 bits per heavy atom. The van der Waals surface area contributed by atoms with E-state index in [0.717, 1.165) is 5.56 Å². The van der Waals surface area contributed by atoms with Crippen LogP contribution in [0.5, 0.6) is 5.75 Å². The van der Waals surface area contributed by atoms with Gasteiger partial charge in [-0.3, -0.25) is 15.0 Å². The third-order valence-corrected chi connectivity index (χ3v) is 4.70. The quantitative estimate of drug-likeness (QED) is 0.476. The lowest BCUT2D eigenvalue weighted by atomic mass is 10.1. The number of carboxylic acids is 1. The first-order valence-electron chi connectivity index (χ1n) is 9.48. The fourth-order valence-electron chi connectivity index (χ4n) is 3.05. The number of carbonyl (C=O) groups is 3. The van der Waals surface area contributed by atoms with E-state index in [-0.39, 0.29) is 17.7 Å². The minimum absolute atomic E-state index is 0.0519. The molecule has 0 saturated carbocycles. The van der Waals surface area contributed by atoms with E-state index in [1.54, 1.807) is 60.7 Å². The lowest BCUT2D eigenvalue weighted by Crippen LogP contribution is -2.35. The van der Waals surface area contributed by atoms with E-state index in [1.807, 2.05) is 6.07 Å². The Morgan fingerprint density at radius 2 is 1.61 bits per heavy atom. The number of rotatable bonds is 6. The van der Waals surface area contributed by atoms with Gasteiger partial charge in [-0.05, 0) is 53.6 Å². The third kappa shape index (κ3) is 4.45. The second kappa shape index (κ2) is 8.54. The average Bonchev–Trinajstić information content (AvgIpc) is 3.08. The number of hydrogen-bond acceptors (Lipinski definition) is 4. The second-order valence-electron chi connectivity index (χ2n) is 6.83. The number of nitrogens with one attached hydrogen (secondary N) is 1. The molecule has 0 aliphatic carbocycles. The standard InChI is InChI=1S/C24H18N2O5/c27-22-21(23(28)26(25-22)19-4-2-1-3-5-19)14-16-8-12-20(13-9-16)31-15-17-6-10-18(11-7-17)24(29)30/h1-14H,15H2,(H,25,27)(H,29,30). The van der Waals surface area contributed by atoms with E-state index < -0.39 is 17.8 Å². The molecule has 1 aliphatic heterocycles. The predicted octanol–water partition coefficient (Wildman–Crippen LogP) is 3.43. The molecular formula is C24H18N2O5. The zero-order chi connectivity index (χ0) is 21.8. The lowest BCUT2D eigenvalue weighted by Gasteiger charge is -2.13. The maximum absolute atomic E-state index is 12.6. The number of hydrogen-bond donors (Lipinski definition) is 2. The molecule has 2 N–H and O–H groups in total. The molecule has 0 bridgehead atoms. The lowest BCUT2D eigenvalue weighted by molar-refractivity contribution is -0.117. The summed E-state index contributed by atoms with van der Waals surface area (Å²) in [6.45, 7) is 0.285. The van der Waals surface area contributed by atoms with Gasteiger partial charge in [0.25, 0.3) is 11.8 Å². The van der Waals surface area contributed by atoms with Crippen LogP contribution < -0.4 is 15.2 Å². The number of benzene rings is 3. The van der Waals surface area contributed by atoms with Crippen LogP contribution >= 0.6 is 0 Å². The number of carboxylic acid groups (broad SMARTS) is 1. The van der Waals surface area contributed by atoms with Crippen molar-refractivity contribution in [2.24, 2.45) is 0 Å². The molecule has 1 saturated heterocycles. The van der Waals surface area contributed by atoms with Gasteiger partial charge < -0.3 is 9.84 Å². The molecule has 7 heteroatoms. The van der Waals surface area contributed by atoms with E-state index in [4.69, 9.17) is 9.84 Å². The van der Waals surface area contributed by atoms with Crippen LogP contribution in [0.1, 0.15) is 21.5 Å². The Balaban J connectivity index is 1.42. The number of nitrogens with zero attached hydrogens (tertiary/aromatic N) is 1. The molecule has 0 spiro atoms. The number of anilines is 1. The fraction of sp³-hybridized carbons (Fsp3) is 0.0417. The molecule has 0 unspecified atom stereocenters. The summed E-state index contributed by atoms with van der Waals surface area (Å²) < 4.78 is 5.71. The van der Waals surface area contributed by atoms with E-state index >= 15 is 0 Å². The van der Waals surface area contributed by atoms with Crippen LogP contribution in [0.3, 0.4) is 0 Å². The van der Waals surface area contributed by atoms with Crippen LogP contribution in [0, 0.1) is 0 Å². The number of carbonyl (C=O) groups excluding carboxylic acids is 2. The molecule has 2 amide bonds. The van der Waals surface area contributed by atoms with E-state index in [2.05, 4.69) is 5.43 Å². The van der Waals surface area contributed by atoms with Crippen molar-refractivity contribution in [2.75, 3.05) is 5.01 Å². The summed E-state index contributed by atoms with van der Waals surface area (Å²) in [6.07, 6.45) is 1.54. The van der Waals surface area contributed by atoms with Crippen molar-refractivity contribution in [3.63, 3.8) is 0 Å². The van der Waals surface area contributed by atoms with Crippen molar-refractivity contribution in [3.05, 3.63) is 101 Å². The Hall–Kier alpha value is -4.39. The normalized spacial score (nSPS) is 14.6. The van der Waals surface area contributed by atoms with Gasteiger partial charge in [-0.1, -0.05) is 42.5 Å². The first-order chi connectivity index (χ1) is 15.0. The Morgan fingerprint density at radius 3 is 2.26 bits per heavy atom. The highest BCUT2D eigenvalue weighted by molar-refractivity contribution is 6.31. The molecular weight excluding hydrogens is 396 g/mol. The molecule has 0 radical (unpaired) electrons. The molecule has 0 aromatic heterocycles. The molecule has 1 heterocycles. The van der Waals surface area contributed by atoms with E-state index in [9.17, 15) is 14.4 Å². The van der Waals surface area contributed by atoms with Crippen molar-refractivity contribution >= 4 is 29.5 Å². The van der Waals surface area contributed by atoms with Crippen LogP contribution in [0.25, 0.3) is 6.08 Å². The minimum Gasteiger partial charge on any atom is -0.489 e. The summed E-state index contributed by atoms with van der Waals surface area (Å²) >= 11 is 0. The van der Waals surface area contributed by atoms with Gasteiger partial charge in [0.2, 0.25) is 0 Å². The Bertz CT molecular complexity index is 1150. The topological polar surface area (TPSA) is 95.9 Å². The molecule has 3 aromatic rings. The summed E-state index contributed by atoms with van der Waals surface area (Å²) in [5.74, 6) is -1.24. The summed E-state index contributed by atoms with van der Waals surface area (Å²) in [7, 11) is 0. The van der Waals surface area contributed by atoms with Crippen LogP contribution in [0.4, 0.5) is 5.69 Å². The van der Waals surface area contributed by atoms with Crippen LogP contribution in [0.15, 0.2) is 84.4 Å². The molecule has 31 heavy (non-hydrogen) atoms. The summed E-state index contributed by atoms with van der Waals surface area (Å²) in [5, 5.41) is 10.2. The van der Waals surface area contributed by atoms with E-state index in [0.29, 0.717) is 17.0 Å². The highest BCUT2D eigenvalue weighted by Gasteiger charge is 2.34. The van der Waals surface area contributed by atoms with Crippen molar-refractivity contribution in [2.45, 2.75) is 6.61 Å². The second-order valence-corrected chi connectivity index (χ2v) is 6.83. The molecule has 4 rings (SSSR count). The van der Waals surface area contributed by atoms with Crippen molar-refractivity contribution in [3.8, 4) is 5.75 Å². The molecule has 7 nitrogen and oxygen atoms in total. The SMILES string of the molecule is O=C1NN(c2ccccc2)C(=O)C1=Cc1ccc(OCc2ccc(C(=O)O)cc2)cc1. The molecule has 1 aliphatic rings. The number of aromatic carboxylic acids is 1. The van der Waals surface area contributed by atoms with Crippen molar-refractivity contribution in [1.82, 2.24) is 5.43 Å². The number of ether oxygens (including phenoxy) is 1. The number of hydrazine groups is 1. The zero-order valence-corrected chi connectivity index (χ0v) is 16.3. The number of para-hydroxylation sites is 1. The van der Waals surface area contributed by atoms with Crippen LogP contribution in [0.2, 0.25) is 0 Å². The maximum atomic E-state index is 12.6. The van der Waals surface area contributed by atoms with Crippen molar-refractivity contribution < 1.29 is 24.2 Å². The Labute approximate surface area is 178 Å². The van der Waals surface area contributed by atoms with Gasteiger partial charge in [-0.2, -0.15) is 0 Å². The highest BCUT2D eigenvalue weighted by atomic mass is 16.5. The van der Waals surface area contributed by atoms with Gasteiger partial charge in [-0.15, -0.1) is 0 Å². The van der Waals surface area contributed by atoms with Gasteiger partial charge >= 0.3 is 5.97 Å². The molecule has 154 valence electrons. The largest absolute Gasteiger partial charge is 0.489 e. The fourth-order valence-corrected chi connectivity index (χ4v) is 3.05. The minimum atomic E-state index is -0.974. The molecule has 0 atom stereocenters. The molecule has 3 aromatic carbocycles. The van der Waals surface area contributed by atoms with Gasteiger partial charge in [0.15, 0.2) is 0 Å². The van der Waals surface area contributed by atoms with Gasteiger partial charge in [0, 0.05) is 0 Å².